The van der Waals surface area contributed by atoms with Crippen molar-refractivity contribution in [3.8, 4) is 34.5 Å². The van der Waals surface area contributed by atoms with E-state index in [-0.39, 0.29) is 34.5 Å². The lowest BCUT2D eigenvalue weighted by atomic mass is 9.81. The highest BCUT2D eigenvalue weighted by Gasteiger charge is 2.53. The van der Waals surface area contributed by atoms with E-state index in [0.717, 1.165) is 74.9 Å². The number of hydrogen-bond donors (Lipinski definition) is 2. The van der Waals surface area contributed by atoms with Crippen molar-refractivity contribution in [3.63, 3.8) is 0 Å². The molecule has 74 heavy (non-hydrogen) atoms. The molecule has 8 aromatic rings. The topological polar surface area (TPSA) is 187 Å². The standard InChI is InChI=1S/C56H62N12O6/c1-63-47-41(61-51(63)43-15-34-6-5-11-58-49(34)67(43)20-32-7-8-32)14-37(18-46(47)72-4)54(70)66-23-39-25-74-31-56(39,29-66)27-60-40-12-35-16-44(68(21-33-9-10-33)50(35)59-19-40)52-62-42-13-36(17-45(71-3)48(42)64(52)2)53(69)65-22-38-24-73-30-55(38,26-57)28-65/h5-6,11-19,32-33,38-39,60H,7-10,20-31,57H2,1-4H3/t38-,39+,55+,56-/m0/s1. The molecular weight excluding hydrogens is 937 g/mol. The van der Waals surface area contributed by atoms with Gasteiger partial charge in [0.25, 0.3) is 11.8 Å². The molecule has 6 aliphatic rings. The summed E-state index contributed by atoms with van der Waals surface area (Å²) in [6.45, 7) is 7.53. The number of carbonyl (C=O) groups is 2. The van der Waals surface area contributed by atoms with Crippen LogP contribution in [0.3, 0.4) is 0 Å². The Hall–Kier alpha value is -7.02. The molecule has 18 heteroatoms. The number of ether oxygens (including phenoxy) is 4. The van der Waals surface area contributed by atoms with Gasteiger partial charge in [-0.05, 0) is 92.1 Å². The fourth-order valence-corrected chi connectivity index (χ4v) is 13.0. The van der Waals surface area contributed by atoms with Crippen LogP contribution in [0.4, 0.5) is 5.69 Å². The van der Waals surface area contributed by atoms with Gasteiger partial charge in [-0.3, -0.25) is 9.59 Å². The van der Waals surface area contributed by atoms with Crippen LogP contribution in [-0.4, -0.2) is 140 Å². The highest BCUT2D eigenvalue weighted by molar-refractivity contribution is 6.02. The molecule has 4 saturated heterocycles. The third-order valence-electron chi connectivity index (χ3n) is 17.6. The largest absolute Gasteiger partial charge is 0.494 e. The lowest BCUT2D eigenvalue weighted by Gasteiger charge is -2.28. The van der Waals surface area contributed by atoms with Gasteiger partial charge in [0.15, 0.2) is 11.6 Å². The Morgan fingerprint density at radius 1 is 0.716 bits per heavy atom. The number of aryl methyl sites for hydroxylation is 2. The molecule has 4 atom stereocenters. The summed E-state index contributed by atoms with van der Waals surface area (Å²) in [6, 6.07) is 18.1. The van der Waals surface area contributed by atoms with Crippen LogP contribution in [0.1, 0.15) is 46.4 Å². The van der Waals surface area contributed by atoms with Crippen molar-refractivity contribution < 1.29 is 28.5 Å². The van der Waals surface area contributed by atoms with E-state index in [2.05, 4.69) is 47.9 Å². The van der Waals surface area contributed by atoms with E-state index < -0.39 is 0 Å². The van der Waals surface area contributed by atoms with Gasteiger partial charge in [-0.2, -0.15) is 0 Å². The summed E-state index contributed by atoms with van der Waals surface area (Å²) in [6.07, 6.45) is 8.58. The van der Waals surface area contributed by atoms with Crippen LogP contribution >= 0.6 is 0 Å². The van der Waals surface area contributed by atoms with Gasteiger partial charge < -0.3 is 58.1 Å². The van der Waals surface area contributed by atoms with E-state index in [4.69, 9.17) is 44.6 Å². The van der Waals surface area contributed by atoms with Crippen molar-refractivity contribution in [3.05, 3.63) is 78.1 Å². The first kappa shape index (κ1) is 45.6. The second-order valence-electron chi connectivity index (χ2n) is 22.4. The van der Waals surface area contributed by atoms with Crippen LogP contribution in [0.15, 0.2) is 67.0 Å². The van der Waals surface area contributed by atoms with E-state index in [9.17, 15) is 9.59 Å². The molecule has 0 radical (unpaired) electrons. The summed E-state index contributed by atoms with van der Waals surface area (Å²) >= 11 is 0. The van der Waals surface area contributed by atoms with Crippen LogP contribution in [0.2, 0.25) is 0 Å². The first-order valence-corrected chi connectivity index (χ1v) is 26.3. The number of rotatable bonds is 14. The van der Waals surface area contributed by atoms with E-state index >= 15 is 0 Å². The van der Waals surface area contributed by atoms with E-state index in [1.807, 2.05) is 66.6 Å². The smallest absolute Gasteiger partial charge is 0.254 e. The van der Waals surface area contributed by atoms with Crippen molar-refractivity contribution >= 4 is 61.6 Å². The van der Waals surface area contributed by atoms with Gasteiger partial charge in [-0.15, -0.1) is 0 Å². The summed E-state index contributed by atoms with van der Waals surface area (Å²) in [7, 11) is 7.32. The number of nitrogens with one attached hydrogen (secondary N) is 1. The number of pyridine rings is 2. The van der Waals surface area contributed by atoms with Crippen LogP contribution < -0.4 is 20.5 Å². The molecule has 10 heterocycles. The zero-order chi connectivity index (χ0) is 50.2. The fourth-order valence-electron chi connectivity index (χ4n) is 13.0. The molecule has 18 nitrogen and oxygen atoms in total. The first-order chi connectivity index (χ1) is 36.0. The molecule has 4 aliphatic heterocycles. The minimum atomic E-state index is -0.288. The Bertz CT molecular complexity index is 3600. The molecule has 3 N–H and O–H groups in total. The normalized spacial score (nSPS) is 23.5. The Labute approximate surface area is 427 Å². The molecule has 2 aromatic carbocycles. The summed E-state index contributed by atoms with van der Waals surface area (Å²) in [5.74, 6) is 4.32. The molecular formula is C56H62N12O6. The zero-order valence-corrected chi connectivity index (χ0v) is 42.5. The number of benzene rings is 2. The number of methoxy groups -OCH3 is 2. The fraction of sp³-hybridized carbons (Fsp3) is 0.464. The number of hydrogen-bond acceptors (Lipinski definition) is 12. The van der Waals surface area contributed by atoms with Crippen LogP contribution in [0.5, 0.6) is 11.5 Å². The predicted octanol–water partition coefficient (Wildman–Crippen LogP) is 6.58. The summed E-state index contributed by atoms with van der Waals surface area (Å²) in [5.41, 5.74) is 14.7. The van der Waals surface area contributed by atoms with Gasteiger partial charge in [-0.1, -0.05) is 0 Å². The summed E-state index contributed by atoms with van der Waals surface area (Å²) in [4.78, 5) is 52.9. The number of aromatic nitrogens is 8. The van der Waals surface area contributed by atoms with Crippen LogP contribution in [-0.2, 0) is 36.7 Å². The van der Waals surface area contributed by atoms with Crippen molar-refractivity contribution in [1.82, 2.24) is 48.0 Å². The molecule has 2 saturated carbocycles. The van der Waals surface area contributed by atoms with E-state index in [1.165, 1.54) is 25.7 Å². The third-order valence-corrected chi connectivity index (χ3v) is 17.6. The molecule has 14 rings (SSSR count). The lowest BCUT2D eigenvalue weighted by Crippen LogP contribution is -2.39. The number of nitrogens with two attached hydrogens (primary N) is 1. The van der Waals surface area contributed by atoms with E-state index in [1.54, 1.807) is 14.2 Å². The number of carbonyl (C=O) groups excluding carboxylic acids is 2. The number of likely N-dealkylation sites (tertiary alicyclic amines) is 2. The molecule has 6 aromatic heterocycles. The van der Waals surface area contributed by atoms with Crippen molar-refractivity contribution in [2.45, 2.75) is 38.8 Å². The molecule has 6 fully saturated rings. The van der Waals surface area contributed by atoms with Crippen molar-refractivity contribution in [1.29, 1.82) is 0 Å². The van der Waals surface area contributed by atoms with E-state index in [0.29, 0.717) is 111 Å². The maximum atomic E-state index is 14.6. The highest BCUT2D eigenvalue weighted by atomic mass is 16.5. The maximum absolute atomic E-state index is 14.6. The maximum Gasteiger partial charge on any atom is 0.254 e. The lowest BCUT2D eigenvalue weighted by molar-refractivity contribution is 0.0716. The Morgan fingerprint density at radius 2 is 1.26 bits per heavy atom. The highest BCUT2D eigenvalue weighted by Crippen LogP contribution is 2.45. The quantitative estimate of drug-likeness (QED) is 0.119. The monoisotopic (exact) mass is 998 g/mol. The van der Waals surface area contributed by atoms with Crippen molar-refractivity contribution in [2.75, 3.05) is 85.2 Å². The molecule has 2 amide bonds. The zero-order valence-electron chi connectivity index (χ0n) is 42.5. The molecule has 2 aliphatic carbocycles. The number of imidazole rings is 2. The first-order valence-electron chi connectivity index (χ1n) is 26.3. The summed E-state index contributed by atoms with van der Waals surface area (Å²) in [5, 5.41) is 5.83. The molecule has 382 valence electrons. The van der Waals surface area contributed by atoms with Gasteiger partial charge in [0.1, 0.15) is 33.8 Å². The molecule has 0 bridgehead atoms. The number of nitrogens with zero attached hydrogens (tertiary/aromatic N) is 10. The van der Waals surface area contributed by atoms with Gasteiger partial charge in [0.2, 0.25) is 0 Å². The van der Waals surface area contributed by atoms with Gasteiger partial charge >= 0.3 is 0 Å². The Balaban J connectivity index is 0.725. The van der Waals surface area contributed by atoms with Gasteiger partial charge in [0, 0.05) is 117 Å². The van der Waals surface area contributed by atoms with Crippen molar-refractivity contribution in [2.24, 2.45) is 54.3 Å². The molecule has 0 spiro atoms. The van der Waals surface area contributed by atoms with Crippen LogP contribution in [0.25, 0.3) is 67.2 Å². The summed E-state index contributed by atoms with van der Waals surface area (Å²) < 4.78 is 32.7. The number of fused-ring (bicyclic) bond motifs is 6. The average Bonchev–Trinajstić information content (AvgIpc) is 3.86. The molecule has 0 unspecified atom stereocenters. The predicted molar refractivity (Wildman–Crippen MR) is 280 cm³/mol. The number of amides is 2. The minimum absolute atomic E-state index is 0.0436. The Kier molecular flexibility index (Phi) is 10.5. The second kappa shape index (κ2) is 17.0. The Morgan fingerprint density at radius 3 is 1.81 bits per heavy atom. The van der Waals surface area contributed by atoms with Gasteiger partial charge in [0.05, 0.1) is 75.0 Å². The average molecular weight is 999 g/mol. The van der Waals surface area contributed by atoms with Gasteiger partial charge in [-0.25, -0.2) is 19.9 Å². The second-order valence-corrected chi connectivity index (χ2v) is 22.4. The number of anilines is 1. The minimum Gasteiger partial charge on any atom is -0.494 e. The SMILES string of the molecule is COc1cc(C(=O)N2C[C@H]3COC[C@@]3(CN)C2)cc2nc(-c3cc4cc(NC[C@]56COC[C@H]5CN(C(=O)c5cc(OC)c7c(c5)nc(-c5cc8cccnc8n5CC5CC5)n7C)C6)cnc4n3CC3CC3)n(C)c12. The van der Waals surface area contributed by atoms with Crippen LogP contribution in [0, 0.1) is 34.5 Å². The third kappa shape index (κ3) is 7.22.